The Kier molecular flexibility index (Phi) is 4.75. The van der Waals surface area contributed by atoms with Crippen LogP contribution in [-0.2, 0) is 5.41 Å². The topological polar surface area (TPSA) is 39.2 Å². The summed E-state index contributed by atoms with van der Waals surface area (Å²) < 4.78 is 5.57. The van der Waals surface area contributed by atoms with Crippen molar-refractivity contribution in [1.29, 1.82) is 0 Å². The SMILES string of the molecule is COc1ccccc1C1(c2nc(-c3ccc(Cl)cc3Cl)c(C(C)=O)s2)CC1. The Morgan fingerprint density at radius 1 is 1.19 bits per heavy atom. The Hall–Kier alpha value is -1.88. The number of nitrogens with zero attached hydrogens (tertiary/aromatic N) is 1. The van der Waals surface area contributed by atoms with E-state index in [1.54, 1.807) is 26.2 Å². The zero-order chi connectivity index (χ0) is 19.2. The van der Waals surface area contributed by atoms with Crippen molar-refractivity contribution >= 4 is 40.3 Å². The van der Waals surface area contributed by atoms with Crippen LogP contribution in [-0.4, -0.2) is 17.9 Å². The largest absolute Gasteiger partial charge is 0.496 e. The van der Waals surface area contributed by atoms with E-state index in [9.17, 15) is 4.79 Å². The smallest absolute Gasteiger partial charge is 0.172 e. The van der Waals surface area contributed by atoms with Gasteiger partial charge in [-0.15, -0.1) is 11.3 Å². The molecule has 6 heteroatoms. The van der Waals surface area contributed by atoms with Crippen LogP contribution in [0.15, 0.2) is 42.5 Å². The van der Waals surface area contributed by atoms with Crippen molar-refractivity contribution < 1.29 is 9.53 Å². The van der Waals surface area contributed by atoms with E-state index in [-0.39, 0.29) is 11.2 Å². The summed E-state index contributed by atoms with van der Waals surface area (Å²) in [4.78, 5) is 17.8. The van der Waals surface area contributed by atoms with Gasteiger partial charge in [-0.3, -0.25) is 4.79 Å². The lowest BCUT2D eigenvalue weighted by Crippen LogP contribution is -2.10. The van der Waals surface area contributed by atoms with Crippen LogP contribution < -0.4 is 4.74 Å². The minimum Gasteiger partial charge on any atom is -0.496 e. The summed E-state index contributed by atoms with van der Waals surface area (Å²) in [5, 5.41) is 1.97. The molecule has 0 unspecified atom stereocenters. The molecule has 1 aliphatic rings. The number of benzene rings is 2. The van der Waals surface area contributed by atoms with Gasteiger partial charge in [0.05, 0.1) is 28.1 Å². The minimum absolute atomic E-state index is 0.0180. The molecule has 3 nitrogen and oxygen atoms in total. The fourth-order valence-corrected chi connectivity index (χ4v) is 5.12. The highest BCUT2D eigenvalue weighted by molar-refractivity contribution is 7.14. The normalized spacial score (nSPS) is 14.8. The molecule has 1 aromatic heterocycles. The van der Waals surface area contributed by atoms with Crippen LogP contribution >= 0.6 is 34.5 Å². The molecule has 1 aliphatic carbocycles. The number of para-hydroxylation sites is 1. The van der Waals surface area contributed by atoms with Gasteiger partial charge in [-0.2, -0.15) is 0 Å². The molecule has 2 aromatic carbocycles. The second-order valence-corrected chi connectivity index (χ2v) is 8.50. The van der Waals surface area contributed by atoms with E-state index in [0.717, 1.165) is 34.7 Å². The van der Waals surface area contributed by atoms with Crippen molar-refractivity contribution in [3.8, 4) is 17.0 Å². The molecule has 0 N–H and O–H groups in total. The van der Waals surface area contributed by atoms with Crippen LogP contribution in [0.2, 0.25) is 10.0 Å². The second-order valence-electron chi connectivity index (χ2n) is 6.66. The fraction of sp³-hybridized carbons (Fsp3) is 0.238. The van der Waals surface area contributed by atoms with Crippen LogP contribution in [0.5, 0.6) is 5.75 Å². The number of carbonyl (C=O) groups is 1. The Morgan fingerprint density at radius 2 is 1.93 bits per heavy atom. The number of thiazole rings is 1. The highest BCUT2D eigenvalue weighted by Crippen LogP contribution is 2.57. The number of ether oxygens (including phenoxy) is 1. The molecule has 0 spiro atoms. The van der Waals surface area contributed by atoms with Crippen LogP contribution in [0.3, 0.4) is 0 Å². The van der Waals surface area contributed by atoms with E-state index in [2.05, 4.69) is 6.07 Å². The van der Waals surface area contributed by atoms with Gasteiger partial charge in [-0.25, -0.2) is 4.98 Å². The van der Waals surface area contributed by atoms with E-state index in [1.165, 1.54) is 11.3 Å². The van der Waals surface area contributed by atoms with E-state index in [4.69, 9.17) is 32.9 Å². The predicted molar refractivity (Wildman–Crippen MR) is 111 cm³/mol. The number of rotatable bonds is 5. The first kappa shape index (κ1) is 18.5. The van der Waals surface area contributed by atoms with Gasteiger partial charge in [0.1, 0.15) is 10.8 Å². The molecule has 0 saturated heterocycles. The van der Waals surface area contributed by atoms with Crippen LogP contribution in [0.4, 0.5) is 0 Å². The molecule has 1 heterocycles. The van der Waals surface area contributed by atoms with E-state index >= 15 is 0 Å². The molecule has 0 radical (unpaired) electrons. The van der Waals surface area contributed by atoms with Crippen molar-refractivity contribution in [2.75, 3.05) is 7.11 Å². The Bertz CT molecular complexity index is 1040. The molecule has 0 aliphatic heterocycles. The van der Waals surface area contributed by atoms with Crippen molar-refractivity contribution in [3.63, 3.8) is 0 Å². The van der Waals surface area contributed by atoms with Crippen LogP contribution in [0, 0.1) is 0 Å². The molecule has 0 bridgehead atoms. The zero-order valence-corrected chi connectivity index (χ0v) is 17.2. The molecule has 1 fully saturated rings. The quantitative estimate of drug-likeness (QED) is 0.450. The number of ketones is 1. The first-order valence-electron chi connectivity index (χ1n) is 8.57. The number of carbonyl (C=O) groups excluding carboxylic acids is 1. The van der Waals surface area contributed by atoms with Crippen LogP contribution in [0.1, 0.15) is 40.0 Å². The average molecular weight is 418 g/mol. The number of halogens is 2. The van der Waals surface area contributed by atoms with Crippen molar-refractivity contribution in [3.05, 3.63) is 68.0 Å². The number of aromatic nitrogens is 1. The standard InChI is InChI=1S/C21H17Cl2NO2S/c1-12(25)19-18(14-8-7-13(22)11-16(14)23)24-20(27-19)21(9-10-21)15-5-3-4-6-17(15)26-2/h3-8,11H,9-10H2,1-2H3. The molecule has 27 heavy (non-hydrogen) atoms. The lowest BCUT2D eigenvalue weighted by molar-refractivity contribution is 0.102. The number of Topliss-reactive ketones (excluding diaryl/α,β-unsaturated/α-hetero) is 1. The van der Waals surface area contributed by atoms with Crippen LogP contribution in [0.25, 0.3) is 11.3 Å². The minimum atomic E-state index is -0.196. The van der Waals surface area contributed by atoms with E-state index in [0.29, 0.717) is 20.6 Å². The predicted octanol–water partition coefficient (Wildman–Crippen LogP) is 6.41. The highest BCUT2D eigenvalue weighted by Gasteiger charge is 2.50. The lowest BCUT2D eigenvalue weighted by Gasteiger charge is -2.16. The summed E-state index contributed by atoms with van der Waals surface area (Å²) in [5.41, 5.74) is 2.28. The molecule has 4 rings (SSSR count). The van der Waals surface area contributed by atoms with Gasteiger partial charge in [0.25, 0.3) is 0 Å². The molecular formula is C21H17Cl2NO2S. The van der Waals surface area contributed by atoms with Gasteiger partial charge in [0, 0.05) is 23.1 Å². The third kappa shape index (κ3) is 3.16. The van der Waals surface area contributed by atoms with Gasteiger partial charge in [-0.1, -0.05) is 41.4 Å². The summed E-state index contributed by atoms with van der Waals surface area (Å²) in [6.07, 6.45) is 1.96. The Balaban J connectivity index is 1.87. The third-order valence-corrected chi connectivity index (χ3v) is 6.82. The second kappa shape index (κ2) is 6.93. The highest BCUT2D eigenvalue weighted by atomic mass is 35.5. The van der Waals surface area contributed by atoms with Crippen molar-refractivity contribution in [2.24, 2.45) is 0 Å². The maximum atomic E-state index is 12.3. The fourth-order valence-electron chi connectivity index (χ4n) is 3.39. The van der Waals surface area contributed by atoms with Gasteiger partial charge in [0.15, 0.2) is 5.78 Å². The van der Waals surface area contributed by atoms with Gasteiger partial charge >= 0.3 is 0 Å². The molecule has 1 saturated carbocycles. The first-order chi connectivity index (χ1) is 13.0. The monoisotopic (exact) mass is 417 g/mol. The lowest BCUT2D eigenvalue weighted by atomic mass is 9.95. The molecule has 3 aromatic rings. The maximum absolute atomic E-state index is 12.3. The van der Waals surface area contributed by atoms with Crippen molar-refractivity contribution in [2.45, 2.75) is 25.2 Å². The zero-order valence-electron chi connectivity index (χ0n) is 14.9. The summed E-state index contributed by atoms with van der Waals surface area (Å²) >= 11 is 13.9. The molecular weight excluding hydrogens is 401 g/mol. The van der Waals surface area contributed by atoms with Gasteiger partial charge in [0.2, 0.25) is 0 Å². The molecule has 138 valence electrons. The van der Waals surface area contributed by atoms with Gasteiger partial charge < -0.3 is 4.74 Å². The average Bonchev–Trinajstić information content (AvgIpc) is 3.34. The van der Waals surface area contributed by atoms with Crippen molar-refractivity contribution in [1.82, 2.24) is 4.98 Å². The summed E-state index contributed by atoms with van der Waals surface area (Å²) in [6.45, 7) is 1.56. The summed E-state index contributed by atoms with van der Waals surface area (Å²) in [6, 6.07) is 13.3. The number of hydrogen-bond acceptors (Lipinski definition) is 4. The maximum Gasteiger partial charge on any atom is 0.172 e. The molecule has 0 atom stereocenters. The number of methoxy groups -OCH3 is 1. The van der Waals surface area contributed by atoms with E-state index in [1.807, 2.05) is 24.3 Å². The molecule has 0 amide bonds. The van der Waals surface area contributed by atoms with Gasteiger partial charge in [-0.05, 0) is 37.1 Å². The Labute approximate surface area is 171 Å². The third-order valence-electron chi connectivity index (χ3n) is 4.92. The van der Waals surface area contributed by atoms with E-state index < -0.39 is 0 Å². The number of hydrogen-bond donors (Lipinski definition) is 0. The first-order valence-corrected chi connectivity index (χ1v) is 10.1. The summed E-state index contributed by atoms with van der Waals surface area (Å²) in [5.74, 6) is 0.830. The summed E-state index contributed by atoms with van der Waals surface area (Å²) in [7, 11) is 1.68. The Morgan fingerprint density at radius 3 is 2.56 bits per heavy atom.